The summed E-state index contributed by atoms with van der Waals surface area (Å²) in [4.78, 5) is 20.1. The van der Waals surface area contributed by atoms with Crippen LogP contribution >= 0.6 is 0 Å². The van der Waals surface area contributed by atoms with Crippen LogP contribution in [0.5, 0.6) is 0 Å². The molecule has 1 fully saturated rings. The van der Waals surface area contributed by atoms with Gasteiger partial charge in [0.25, 0.3) is 5.91 Å². The maximum atomic E-state index is 12.0. The van der Waals surface area contributed by atoms with E-state index in [1.807, 2.05) is 12.1 Å². The molecule has 0 aliphatic carbocycles. The van der Waals surface area contributed by atoms with Gasteiger partial charge in [-0.1, -0.05) is 6.07 Å². The highest BCUT2D eigenvalue weighted by Crippen LogP contribution is 2.18. The number of aliphatic hydroxyl groups excluding tert-OH is 1. The molecule has 1 aliphatic rings. The average molecular weight is 249 g/mol. The first-order valence-electron chi connectivity index (χ1n) is 6.30. The second-order valence-corrected chi connectivity index (χ2v) is 4.53. The first-order chi connectivity index (χ1) is 8.72. The molecule has 5 heteroatoms. The topological polar surface area (TPSA) is 56.7 Å². The van der Waals surface area contributed by atoms with Gasteiger partial charge < -0.3 is 14.9 Å². The summed E-state index contributed by atoms with van der Waals surface area (Å²) in [6.45, 7) is 2.32. The van der Waals surface area contributed by atoms with Gasteiger partial charge in [-0.05, 0) is 25.0 Å². The van der Waals surface area contributed by atoms with Crippen molar-refractivity contribution < 1.29 is 9.90 Å². The lowest BCUT2D eigenvalue weighted by molar-refractivity contribution is 0.0761. The summed E-state index contributed by atoms with van der Waals surface area (Å²) < 4.78 is 0. The Morgan fingerprint density at radius 2 is 2.17 bits per heavy atom. The van der Waals surface area contributed by atoms with Crippen LogP contribution in [0.2, 0.25) is 0 Å². The number of amides is 1. The number of carbonyl (C=O) groups is 1. The highest BCUT2D eigenvalue weighted by molar-refractivity contribution is 5.92. The monoisotopic (exact) mass is 249 g/mol. The van der Waals surface area contributed by atoms with Gasteiger partial charge in [0.1, 0.15) is 11.5 Å². The molecule has 2 heterocycles. The number of likely N-dealkylation sites (N-methyl/N-ethyl adjacent to an activating group) is 1. The third kappa shape index (κ3) is 2.79. The first-order valence-corrected chi connectivity index (χ1v) is 6.30. The van der Waals surface area contributed by atoms with Crippen molar-refractivity contribution in [3.05, 3.63) is 23.9 Å². The fourth-order valence-electron chi connectivity index (χ4n) is 2.11. The Kier molecular flexibility index (Phi) is 4.15. The van der Waals surface area contributed by atoms with E-state index in [0.29, 0.717) is 12.2 Å². The number of aliphatic hydroxyl groups is 1. The van der Waals surface area contributed by atoms with Crippen LogP contribution in [-0.2, 0) is 0 Å². The van der Waals surface area contributed by atoms with E-state index in [4.69, 9.17) is 5.11 Å². The Morgan fingerprint density at radius 1 is 1.44 bits per heavy atom. The van der Waals surface area contributed by atoms with Gasteiger partial charge in [-0.2, -0.15) is 0 Å². The van der Waals surface area contributed by atoms with Crippen molar-refractivity contribution in [3.63, 3.8) is 0 Å². The molecule has 1 amide bonds. The molecular weight excluding hydrogens is 230 g/mol. The fourth-order valence-corrected chi connectivity index (χ4v) is 2.11. The lowest BCUT2D eigenvalue weighted by atomic mass is 10.3. The molecule has 0 unspecified atom stereocenters. The molecule has 0 spiro atoms. The van der Waals surface area contributed by atoms with Crippen LogP contribution in [-0.4, -0.2) is 54.2 Å². The van der Waals surface area contributed by atoms with Crippen molar-refractivity contribution in [2.24, 2.45) is 0 Å². The predicted octanol–water partition coefficient (Wildman–Crippen LogP) is 0.746. The molecule has 0 atom stereocenters. The lowest BCUT2D eigenvalue weighted by Crippen LogP contribution is -2.30. The molecule has 0 bridgehead atoms. The average Bonchev–Trinajstić information content (AvgIpc) is 2.92. The van der Waals surface area contributed by atoms with Gasteiger partial charge in [-0.25, -0.2) is 4.98 Å². The predicted molar refractivity (Wildman–Crippen MR) is 69.7 cm³/mol. The number of nitrogens with zero attached hydrogens (tertiary/aromatic N) is 3. The number of anilines is 1. The molecule has 98 valence electrons. The number of aromatic nitrogens is 1. The molecule has 0 saturated carbocycles. The van der Waals surface area contributed by atoms with Crippen molar-refractivity contribution in [2.75, 3.05) is 38.2 Å². The van der Waals surface area contributed by atoms with Crippen LogP contribution in [0.25, 0.3) is 0 Å². The first kappa shape index (κ1) is 12.8. The summed E-state index contributed by atoms with van der Waals surface area (Å²) in [5, 5.41) is 8.84. The Hall–Kier alpha value is -1.62. The van der Waals surface area contributed by atoms with Crippen molar-refractivity contribution in [1.29, 1.82) is 0 Å². The molecule has 18 heavy (non-hydrogen) atoms. The van der Waals surface area contributed by atoms with Gasteiger partial charge in [-0.15, -0.1) is 0 Å². The Balaban J connectivity index is 2.13. The summed E-state index contributed by atoms with van der Waals surface area (Å²) in [6.07, 6.45) is 2.37. The standard InChI is InChI=1S/C13H19N3O2/c1-15(9-10-17)13(18)11-5-4-6-12(14-11)16-7-2-3-8-16/h4-6,17H,2-3,7-10H2,1H3. The van der Waals surface area contributed by atoms with E-state index in [1.54, 1.807) is 13.1 Å². The second kappa shape index (κ2) is 5.82. The van der Waals surface area contributed by atoms with Crippen LogP contribution in [0.4, 0.5) is 5.82 Å². The van der Waals surface area contributed by atoms with E-state index >= 15 is 0 Å². The van der Waals surface area contributed by atoms with E-state index in [1.165, 1.54) is 17.7 Å². The largest absolute Gasteiger partial charge is 0.395 e. The summed E-state index contributed by atoms with van der Waals surface area (Å²) in [5.41, 5.74) is 0.440. The van der Waals surface area contributed by atoms with E-state index in [9.17, 15) is 4.79 Å². The van der Waals surface area contributed by atoms with Crippen LogP contribution in [0, 0.1) is 0 Å². The van der Waals surface area contributed by atoms with E-state index in [2.05, 4.69) is 9.88 Å². The van der Waals surface area contributed by atoms with Crippen LogP contribution in [0.1, 0.15) is 23.3 Å². The second-order valence-electron chi connectivity index (χ2n) is 4.53. The van der Waals surface area contributed by atoms with Gasteiger partial charge in [0.2, 0.25) is 0 Å². The van der Waals surface area contributed by atoms with E-state index in [0.717, 1.165) is 18.9 Å². The Bertz CT molecular complexity index is 416. The van der Waals surface area contributed by atoms with Crippen LogP contribution in [0.3, 0.4) is 0 Å². The third-order valence-corrected chi connectivity index (χ3v) is 3.17. The summed E-state index contributed by atoms with van der Waals surface area (Å²) in [5.74, 6) is 0.723. The molecule has 0 aromatic carbocycles. The summed E-state index contributed by atoms with van der Waals surface area (Å²) in [6, 6.07) is 5.52. The molecule has 2 rings (SSSR count). The van der Waals surface area contributed by atoms with Gasteiger partial charge in [-0.3, -0.25) is 4.79 Å². The van der Waals surface area contributed by atoms with Crippen molar-refractivity contribution in [1.82, 2.24) is 9.88 Å². The zero-order valence-electron chi connectivity index (χ0n) is 10.7. The smallest absolute Gasteiger partial charge is 0.272 e. The minimum atomic E-state index is -0.148. The van der Waals surface area contributed by atoms with Crippen LogP contribution in [0.15, 0.2) is 18.2 Å². The zero-order valence-corrected chi connectivity index (χ0v) is 10.7. The number of rotatable bonds is 4. The maximum absolute atomic E-state index is 12.0. The Labute approximate surface area is 107 Å². The van der Waals surface area contributed by atoms with E-state index in [-0.39, 0.29) is 12.5 Å². The maximum Gasteiger partial charge on any atom is 0.272 e. The number of hydrogen-bond donors (Lipinski definition) is 1. The third-order valence-electron chi connectivity index (χ3n) is 3.17. The SMILES string of the molecule is CN(CCO)C(=O)c1cccc(N2CCCC2)n1. The normalized spacial score (nSPS) is 14.9. The van der Waals surface area contributed by atoms with Crippen LogP contribution < -0.4 is 4.90 Å². The van der Waals surface area contributed by atoms with Gasteiger partial charge in [0, 0.05) is 26.7 Å². The van der Waals surface area contributed by atoms with Gasteiger partial charge >= 0.3 is 0 Å². The molecule has 1 saturated heterocycles. The number of hydrogen-bond acceptors (Lipinski definition) is 4. The van der Waals surface area contributed by atoms with Crippen molar-refractivity contribution in [2.45, 2.75) is 12.8 Å². The van der Waals surface area contributed by atoms with Crippen molar-refractivity contribution in [3.8, 4) is 0 Å². The molecular formula is C13H19N3O2. The van der Waals surface area contributed by atoms with Gasteiger partial charge in [0.05, 0.1) is 6.61 Å². The highest BCUT2D eigenvalue weighted by atomic mass is 16.3. The highest BCUT2D eigenvalue weighted by Gasteiger charge is 2.17. The molecule has 5 nitrogen and oxygen atoms in total. The lowest BCUT2D eigenvalue weighted by Gasteiger charge is -2.19. The quantitative estimate of drug-likeness (QED) is 0.855. The summed E-state index contributed by atoms with van der Waals surface area (Å²) >= 11 is 0. The number of carbonyl (C=O) groups excluding carboxylic acids is 1. The Morgan fingerprint density at radius 3 is 2.83 bits per heavy atom. The summed E-state index contributed by atoms with van der Waals surface area (Å²) in [7, 11) is 1.67. The number of pyridine rings is 1. The fraction of sp³-hybridized carbons (Fsp3) is 0.538. The van der Waals surface area contributed by atoms with Gasteiger partial charge in [0.15, 0.2) is 0 Å². The zero-order chi connectivity index (χ0) is 13.0. The molecule has 0 radical (unpaired) electrons. The minimum absolute atomic E-state index is 0.0337. The molecule has 1 aliphatic heterocycles. The van der Waals surface area contributed by atoms with E-state index < -0.39 is 0 Å². The van der Waals surface area contributed by atoms with Crippen molar-refractivity contribution >= 4 is 11.7 Å². The minimum Gasteiger partial charge on any atom is -0.395 e. The molecule has 1 aromatic rings. The molecule has 1 aromatic heterocycles. The molecule has 1 N–H and O–H groups in total.